The summed E-state index contributed by atoms with van der Waals surface area (Å²) < 4.78 is 13.4. The zero-order valence-electron chi connectivity index (χ0n) is 11.4. The lowest BCUT2D eigenvalue weighted by Crippen LogP contribution is -2.19. The molecule has 0 bridgehead atoms. The predicted molar refractivity (Wildman–Crippen MR) is 79.7 cm³/mol. The van der Waals surface area contributed by atoms with Crippen LogP contribution in [0.5, 0.6) is 0 Å². The van der Waals surface area contributed by atoms with E-state index < -0.39 is 5.82 Å². The highest BCUT2D eigenvalue weighted by Crippen LogP contribution is 2.26. The highest BCUT2D eigenvalue weighted by atomic mass is 35.5. The molecule has 0 fully saturated rings. The molecular weight excluding hydrogens is 297 g/mol. The number of nitrogens with zero attached hydrogens (tertiary/aromatic N) is 2. The fourth-order valence-electron chi connectivity index (χ4n) is 1.66. The van der Waals surface area contributed by atoms with Gasteiger partial charge in [-0.3, -0.25) is 4.79 Å². The molecule has 0 radical (unpaired) electrons. The summed E-state index contributed by atoms with van der Waals surface area (Å²) in [7, 11) is 3.15. The third-order valence-electron chi connectivity index (χ3n) is 2.67. The van der Waals surface area contributed by atoms with Crippen molar-refractivity contribution < 1.29 is 9.18 Å². The van der Waals surface area contributed by atoms with Gasteiger partial charge in [0, 0.05) is 14.1 Å². The molecule has 0 spiro atoms. The second-order valence-corrected chi connectivity index (χ2v) is 4.44. The molecule has 1 heterocycles. The Labute approximate surface area is 125 Å². The van der Waals surface area contributed by atoms with Crippen molar-refractivity contribution in [2.45, 2.75) is 0 Å². The monoisotopic (exact) mass is 309 g/mol. The molecule has 0 saturated heterocycles. The third-order valence-corrected chi connectivity index (χ3v) is 2.95. The minimum Gasteiger partial charge on any atom is -0.357 e. The van der Waals surface area contributed by atoms with Crippen LogP contribution in [-0.2, 0) is 0 Å². The Morgan fingerprint density at radius 2 is 2.10 bits per heavy atom. The van der Waals surface area contributed by atoms with Gasteiger partial charge in [0.15, 0.2) is 5.82 Å². The van der Waals surface area contributed by atoms with Gasteiger partial charge in [-0.1, -0.05) is 11.6 Å². The molecule has 0 unspecified atom stereocenters. The number of aromatic nitrogens is 2. The number of carbonyl (C=O) groups is 1. The van der Waals surface area contributed by atoms with E-state index in [2.05, 4.69) is 25.9 Å². The number of carbonyl (C=O) groups excluding carboxylic acids is 1. The maximum absolute atomic E-state index is 13.4. The van der Waals surface area contributed by atoms with Crippen LogP contribution in [0.4, 0.5) is 21.8 Å². The molecule has 2 rings (SSSR count). The van der Waals surface area contributed by atoms with Gasteiger partial charge < -0.3 is 16.0 Å². The van der Waals surface area contributed by atoms with E-state index in [0.717, 1.165) is 0 Å². The number of amides is 1. The predicted octanol–water partition coefficient (Wildman–Crippen LogP) is 2.41. The standard InChI is InChI=1S/C13H13ClFN5O/c1-16-12(21)8-4-3-7(15)5-10(8)19-11-9(14)6-18-13(17-2)20-11/h3-6H,1-2H3,(H,16,21)(H2,17,18,19,20). The van der Waals surface area contributed by atoms with E-state index >= 15 is 0 Å². The Kier molecular flexibility index (Phi) is 4.54. The van der Waals surface area contributed by atoms with Gasteiger partial charge in [0.2, 0.25) is 5.95 Å². The molecule has 3 N–H and O–H groups in total. The average molecular weight is 310 g/mol. The molecule has 0 aliphatic rings. The molecule has 1 aromatic heterocycles. The molecular formula is C13H13ClFN5O. The quantitative estimate of drug-likeness (QED) is 0.808. The zero-order valence-corrected chi connectivity index (χ0v) is 12.1. The smallest absolute Gasteiger partial charge is 0.253 e. The van der Waals surface area contributed by atoms with E-state index in [1.54, 1.807) is 7.05 Å². The number of halogens is 2. The molecule has 2 aromatic rings. The van der Waals surface area contributed by atoms with E-state index in [4.69, 9.17) is 11.6 Å². The fourth-order valence-corrected chi connectivity index (χ4v) is 1.79. The molecule has 8 heteroatoms. The molecule has 21 heavy (non-hydrogen) atoms. The summed E-state index contributed by atoms with van der Waals surface area (Å²) in [6.07, 6.45) is 1.40. The van der Waals surface area contributed by atoms with Gasteiger partial charge in [0.1, 0.15) is 10.8 Å². The molecule has 1 amide bonds. The van der Waals surface area contributed by atoms with Crippen LogP contribution < -0.4 is 16.0 Å². The maximum Gasteiger partial charge on any atom is 0.253 e. The fraction of sp³-hybridized carbons (Fsp3) is 0.154. The van der Waals surface area contributed by atoms with Crippen LogP contribution in [-0.4, -0.2) is 30.0 Å². The van der Waals surface area contributed by atoms with Crippen molar-refractivity contribution in [3.63, 3.8) is 0 Å². The van der Waals surface area contributed by atoms with Crippen molar-refractivity contribution in [2.75, 3.05) is 24.7 Å². The molecule has 1 aromatic carbocycles. The first kappa shape index (κ1) is 15.0. The van der Waals surface area contributed by atoms with E-state index in [1.165, 1.54) is 31.4 Å². The molecule has 0 atom stereocenters. The normalized spacial score (nSPS) is 10.1. The zero-order chi connectivity index (χ0) is 15.4. The largest absolute Gasteiger partial charge is 0.357 e. The second kappa shape index (κ2) is 6.36. The lowest BCUT2D eigenvalue weighted by atomic mass is 10.1. The molecule has 0 aliphatic heterocycles. The van der Waals surface area contributed by atoms with Crippen molar-refractivity contribution in [1.29, 1.82) is 0 Å². The highest BCUT2D eigenvalue weighted by molar-refractivity contribution is 6.33. The van der Waals surface area contributed by atoms with Crippen molar-refractivity contribution in [1.82, 2.24) is 15.3 Å². The lowest BCUT2D eigenvalue weighted by molar-refractivity contribution is 0.0964. The molecule has 110 valence electrons. The van der Waals surface area contributed by atoms with Crippen molar-refractivity contribution in [3.8, 4) is 0 Å². The number of hydrogen-bond donors (Lipinski definition) is 3. The summed E-state index contributed by atoms with van der Waals surface area (Å²) in [5, 5.41) is 8.35. The van der Waals surface area contributed by atoms with Gasteiger partial charge in [-0.2, -0.15) is 4.98 Å². The van der Waals surface area contributed by atoms with Crippen LogP contribution in [0, 0.1) is 5.82 Å². The summed E-state index contributed by atoms with van der Waals surface area (Å²) >= 11 is 6.00. The summed E-state index contributed by atoms with van der Waals surface area (Å²) in [5.41, 5.74) is 0.539. The first-order chi connectivity index (χ1) is 10.0. The minimum absolute atomic E-state index is 0.251. The Morgan fingerprint density at radius 3 is 2.76 bits per heavy atom. The van der Waals surface area contributed by atoms with E-state index in [-0.39, 0.29) is 28.0 Å². The molecule has 0 saturated carbocycles. The van der Waals surface area contributed by atoms with Gasteiger partial charge in [-0.25, -0.2) is 9.37 Å². The number of nitrogens with one attached hydrogen (secondary N) is 3. The van der Waals surface area contributed by atoms with Gasteiger partial charge in [-0.05, 0) is 18.2 Å². The summed E-state index contributed by atoms with van der Waals surface area (Å²) in [5.74, 6) is -0.216. The van der Waals surface area contributed by atoms with Gasteiger partial charge >= 0.3 is 0 Å². The summed E-state index contributed by atoms with van der Waals surface area (Å²) in [4.78, 5) is 19.9. The van der Waals surface area contributed by atoms with Crippen LogP contribution in [0.3, 0.4) is 0 Å². The second-order valence-electron chi connectivity index (χ2n) is 4.03. The average Bonchev–Trinajstić information content (AvgIpc) is 2.49. The Balaban J connectivity index is 2.43. The Bertz CT molecular complexity index is 680. The summed E-state index contributed by atoms with van der Waals surface area (Å²) in [6.45, 7) is 0. The maximum atomic E-state index is 13.4. The van der Waals surface area contributed by atoms with Crippen molar-refractivity contribution in [3.05, 3.63) is 40.8 Å². The molecule has 6 nitrogen and oxygen atoms in total. The SMILES string of the molecule is CNC(=O)c1ccc(F)cc1Nc1nc(NC)ncc1Cl. The molecule has 0 aliphatic carbocycles. The first-order valence-corrected chi connectivity index (χ1v) is 6.42. The lowest BCUT2D eigenvalue weighted by Gasteiger charge is -2.12. The topological polar surface area (TPSA) is 78.9 Å². The van der Waals surface area contributed by atoms with E-state index in [0.29, 0.717) is 5.95 Å². The van der Waals surface area contributed by atoms with E-state index in [1.807, 2.05) is 0 Å². The van der Waals surface area contributed by atoms with E-state index in [9.17, 15) is 9.18 Å². The third kappa shape index (κ3) is 3.38. The summed E-state index contributed by atoms with van der Waals surface area (Å²) in [6, 6.07) is 3.78. The first-order valence-electron chi connectivity index (χ1n) is 6.04. The Hall–Kier alpha value is -2.41. The van der Waals surface area contributed by atoms with Crippen LogP contribution in [0.2, 0.25) is 5.02 Å². The van der Waals surface area contributed by atoms with Crippen LogP contribution >= 0.6 is 11.6 Å². The Morgan fingerprint density at radius 1 is 1.33 bits per heavy atom. The number of anilines is 3. The van der Waals surface area contributed by atoms with Gasteiger partial charge in [-0.15, -0.1) is 0 Å². The van der Waals surface area contributed by atoms with Gasteiger partial charge in [0.25, 0.3) is 5.91 Å². The van der Waals surface area contributed by atoms with Crippen molar-refractivity contribution >= 4 is 35.0 Å². The van der Waals surface area contributed by atoms with Crippen LogP contribution in [0.15, 0.2) is 24.4 Å². The van der Waals surface area contributed by atoms with Crippen LogP contribution in [0.25, 0.3) is 0 Å². The van der Waals surface area contributed by atoms with Gasteiger partial charge in [0.05, 0.1) is 17.4 Å². The minimum atomic E-state index is -0.482. The number of hydrogen-bond acceptors (Lipinski definition) is 5. The highest BCUT2D eigenvalue weighted by Gasteiger charge is 2.13. The number of benzene rings is 1. The van der Waals surface area contributed by atoms with Crippen LogP contribution in [0.1, 0.15) is 10.4 Å². The van der Waals surface area contributed by atoms with Crippen molar-refractivity contribution in [2.24, 2.45) is 0 Å². The number of rotatable bonds is 4.